The Morgan fingerprint density at radius 3 is 2.71 bits per heavy atom. The summed E-state index contributed by atoms with van der Waals surface area (Å²) in [6.07, 6.45) is 1.43. The Morgan fingerprint density at radius 1 is 1.21 bits per heavy atom. The highest BCUT2D eigenvalue weighted by molar-refractivity contribution is 5.99. The number of H-pyrrole nitrogens is 1. The third-order valence-corrected chi connectivity index (χ3v) is 3.72. The molecule has 2 aromatic heterocycles. The van der Waals surface area contributed by atoms with E-state index < -0.39 is 0 Å². The Hall–Kier alpha value is -3.02. The SMILES string of the molecule is Cc1cc(C)nc(CN(C)C(=O)c2ccccc2-c2ncn[nH]2)c1. The first-order valence-corrected chi connectivity index (χ1v) is 7.69. The number of nitrogens with zero attached hydrogens (tertiary/aromatic N) is 4. The highest BCUT2D eigenvalue weighted by Gasteiger charge is 2.18. The normalized spacial score (nSPS) is 10.6. The molecule has 0 unspecified atom stereocenters. The number of aromatic amines is 1. The smallest absolute Gasteiger partial charge is 0.254 e. The first-order chi connectivity index (χ1) is 11.5. The van der Waals surface area contributed by atoms with Gasteiger partial charge in [0.05, 0.1) is 17.8 Å². The second kappa shape index (κ2) is 6.62. The van der Waals surface area contributed by atoms with E-state index in [4.69, 9.17) is 0 Å². The minimum absolute atomic E-state index is 0.0806. The maximum Gasteiger partial charge on any atom is 0.254 e. The molecule has 0 fully saturated rings. The fraction of sp³-hybridized carbons (Fsp3) is 0.222. The van der Waals surface area contributed by atoms with Crippen molar-refractivity contribution < 1.29 is 4.79 Å². The quantitative estimate of drug-likeness (QED) is 0.802. The van der Waals surface area contributed by atoms with Gasteiger partial charge in [0, 0.05) is 18.3 Å². The number of nitrogens with one attached hydrogen (secondary N) is 1. The summed E-state index contributed by atoms with van der Waals surface area (Å²) in [5.41, 5.74) is 4.29. The highest BCUT2D eigenvalue weighted by atomic mass is 16.2. The number of hydrogen-bond donors (Lipinski definition) is 1. The zero-order chi connectivity index (χ0) is 17.1. The van der Waals surface area contributed by atoms with Crippen molar-refractivity contribution in [3.05, 3.63) is 65.2 Å². The van der Waals surface area contributed by atoms with Gasteiger partial charge in [-0.25, -0.2) is 4.98 Å². The van der Waals surface area contributed by atoms with E-state index in [0.717, 1.165) is 22.5 Å². The van der Waals surface area contributed by atoms with Gasteiger partial charge in [-0.2, -0.15) is 5.10 Å². The van der Waals surface area contributed by atoms with Crippen LogP contribution in [0.3, 0.4) is 0 Å². The van der Waals surface area contributed by atoms with E-state index in [1.807, 2.05) is 44.2 Å². The number of hydrogen-bond acceptors (Lipinski definition) is 4. The van der Waals surface area contributed by atoms with Crippen LogP contribution in [-0.4, -0.2) is 38.0 Å². The monoisotopic (exact) mass is 321 g/mol. The first kappa shape index (κ1) is 15.9. The second-order valence-corrected chi connectivity index (χ2v) is 5.82. The lowest BCUT2D eigenvalue weighted by molar-refractivity contribution is 0.0784. The molecule has 1 aromatic carbocycles. The molecule has 0 spiro atoms. The van der Waals surface area contributed by atoms with E-state index >= 15 is 0 Å². The second-order valence-electron chi connectivity index (χ2n) is 5.82. The van der Waals surface area contributed by atoms with Crippen molar-refractivity contribution in [3.63, 3.8) is 0 Å². The third-order valence-electron chi connectivity index (χ3n) is 3.72. The number of pyridine rings is 1. The number of aryl methyl sites for hydroxylation is 2. The van der Waals surface area contributed by atoms with Crippen LogP contribution in [-0.2, 0) is 6.54 Å². The molecule has 1 N–H and O–H groups in total. The minimum atomic E-state index is -0.0806. The lowest BCUT2D eigenvalue weighted by atomic mass is 10.1. The van der Waals surface area contributed by atoms with Crippen molar-refractivity contribution in [2.24, 2.45) is 0 Å². The van der Waals surface area contributed by atoms with E-state index in [2.05, 4.69) is 20.2 Å². The van der Waals surface area contributed by atoms with Crippen LogP contribution in [0.25, 0.3) is 11.4 Å². The molecule has 1 amide bonds. The molecule has 0 radical (unpaired) electrons. The van der Waals surface area contributed by atoms with Gasteiger partial charge in [-0.05, 0) is 37.6 Å². The summed E-state index contributed by atoms with van der Waals surface area (Å²) < 4.78 is 0. The average molecular weight is 321 g/mol. The van der Waals surface area contributed by atoms with Crippen molar-refractivity contribution in [1.82, 2.24) is 25.1 Å². The highest BCUT2D eigenvalue weighted by Crippen LogP contribution is 2.21. The molecule has 0 atom stereocenters. The maximum atomic E-state index is 12.9. The number of carbonyl (C=O) groups excluding carboxylic acids is 1. The Bertz CT molecular complexity index is 837. The summed E-state index contributed by atoms with van der Waals surface area (Å²) in [6.45, 7) is 4.43. The summed E-state index contributed by atoms with van der Waals surface area (Å²) in [4.78, 5) is 23.2. The zero-order valence-electron chi connectivity index (χ0n) is 13.9. The first-order valence-electron chi connectivity index (χ1n) is 7.69. The Kier molecular flexibility index (Phi) is 4.37. The summed E-state index contributed by atoms with van der Waals surface area (Å²) in [6, 6.07) is 11.4. The molecule has 0 aliphatic heterocycles. The minimum Gasteiger partial charge on any atom is -0.336 e. The fourth-order valence-corrected chi connectivity index (χ4v) is 2.74. The Labute approximate surface area is 140 Å². The van der Waals surface area contributed by atoms with Gasteiger partial charge in [-0.15, -0.1) is 0 Å². The number of aromatic nitrogens is 4. The van der Waals surface area contributed by atoms with Gasteiger partial charge in [-0.3, -0.25) is 14.9 Å². The summed E-state index contributed by atoms with van der Waals surface area (Å²) in [5.74, 6) is 0.500. The molecule has 3 rings (SSSR count). The molecule has 0 aliphatic rings. The summed E-state index contributed by atoms with van der Waals surface area (Å²) >= 11 is 0. The average Bonchev–Trinajstić information content (AvgIpc) is 3.07. The van der Waals surface area contributed by atoms with Gasteiger partial charge < -0.3 is 4.90 Å². The lowest BCUT2D eigenvalue weighted by Gasteiger charge is -2.18. The van der Waals surface area contributed by atoms with Crippen LogP contribution in [0, 0.1) is 13.8 Å². The van der Waals surface area contributed by atoms with Gasteiger partial charge in [0.15, 0.2) is 5.82 Å². The molecule has 6 nitrogen and oxygen atoms in total. The van der Waals surface area contributed by atoms with Gasteiger partial charge in [-0.1, -0.05) is 18.2 Å². The molecule has 6 heteroatoms. The molecule has 3 aromatic rings. The summed E-state index contributed by atoms with van der Waals surface area (Å²) in [7, 11) is 1.78. The molecule has 122 valence electrons. The number of benzene rings is 1. The fourth-order valence-electron chi connectivity index (χ4n) is 2.74. The largest absolute Gasteiger partial charge is 0.336 e. The van der Waals surface area contributed by atoms with Crippen molar-refractivity contribution >= 4 is 5.91 Å². The van der Waals surface area contributed by atoms with Crippen LogP contribution in [0.1, 0.15) is 27.3 Å². The van der Waals surface area contributed by atoms with Crippen molar-refractivity contribution in [2.45, 2.75) is 20.4 Å². The maximum absolute atomic E-state index is 12.9. The van der Waals surface area contributed by atoms with Crippen molar-refractivity contribution in [3.8, 4) is 11.4 Å². The molecule has 0 bridgehead atoms. The molecule has 0 aliphatic carbocycles. The van der Waals surface area contributed by atoms with E-state index in [-0.39, 0.29) is 5.91 Å². The Morgan fingerprint density at radius 2 is 2.00 bits per heavy atom. The van der Waals surface area contributed by atoms with E-state index in [9.17, 15) is 4.79 Å². The topological polar surface area (TPSA) is 74.8 Å². The van der Waals surface area contributed by atoms with Crippen LogP contribution in [0.5, 0.6) is 0 Å². The van der Waals surface area contributed by atoms with Gasteiger partial charge in [0.25, 0.3) is 5.91 Å². The van der Waals surface area contributed by atoms with E-state index in [1.165, 1.54) is 6.33 Å². The van der Waals surface area contributed by atoms with Crippen molar-refractivity contribution in [2.75, 3.05) is 7.05 Å². The van der Waals surface area contributed by atoms with Crippen molar-refractivity contribution in [1.29, 1.82) is 0 Å². The molecule has 0 saturated carbocycles. The molecular formula is C18H19N5O. The van der Waals surface area contributed by atoms with Gasteiger partial charge in [0.1, 0.15) is 6.33 Å². The zero-order valence-corrected chi connectivity index (χ0v) is 13.9. The van der Waals surface area contributed by atoms with Gasteiger partial charge in [0.2, 0.25) is 0 Å². The summed E-state index contributed by atoms with van der Waals surface area (Å²) in [5, 5.41) is 6.67. The molecule has 2 heterocycles. The number of amides is 1. The van der Waals surface area contributed by atoms with Crippen LogP contribution < -0.4 is 0 Å². The number of rotatable bonds is 4. The Balaban J connectivity index is 1.86. The number of carbonyl (C=O) groups is 1. The van der Waals surface area contributed by atoms with Gasteiger partial charge >= 0.3 is 0 Å². The standard InChI is InChI=1S/C18H19N5O/c1-12-8-13(2)21-14(9-12)10-23(3)18(24)16-7-5-4-6-15(16)17-19-11-20-22-17/h4-9,11H,10H2,1-3H3,(H,19,20,22). The van der Waals surface area contributed by atoms with Crippen LogP contribution in [0.4, 0.5) is 0 Å². The van der Waals surface area contributed by atoms with E-state index in [1.54, 1.807) is 18.0 Å². The molecule has 0 saturated heterocycles. The predicted molar refractivity (Wildman–Crippen MR) is 91.3 cm³/mol. The lowest BCUT2D eigenvalue weighted by Crippen LogP contribution is -2.27. The molecule has 24 heavy (non-hydrogen) atoms. The molecular weight excluding hydrogens is 302 g/mol. The predicted octanol–water partition coefficient (Wildman–Crippen LogP) is 2.76. The van der Waals surface area contributed by atoms with E-state index in [0.29, 0.717) is 17.9 Å². The van der Waals surface area contributed by atoms with Crippen LogP contribution >= 0.6 is 0 Å². The third kappa shape index (κ3) is 3.32. The van der Waals surface area contributed by atoms with Crippen LogP contribution in [0.15, 0.2) is 42.7 Å². The van der Waals surface area contributed by atoms with Crippen LogP contribution in [0.2, 0.25) is 0 Å².